The van der Waals surface area contributed by atoms with Gasteiger partial charge in [-0.3, -0.25) is 9.69 Å². The van der Waals surface area contributed by atoms with E-state index in [4.69, 9.17) is 0 Å². The lowest BCUT2D eigenvalue weighted by molar-refractivity contribution is -0.119. The molecule has 0 unspecified atom stereocenters. The first-order valence-electron chi connectivity index (χ1n) is 7.02. The fourth-order valence-electron chi connectivity index (χ4n) is 2.79. The number of hydrogen-bond acceptors (Lipinski definition) is 3. The SMILES string of the molecule is O=CN1CCN(CCCN2CCCCC2)CC1. The normalized spacial score (nSPS) is 23.9. The Morgan fingerprint density at radius 3 is 1.94 bits per heavy atom. The summed E-state index contributed by atoms with van der Waals surface area (Å²) in [6.45, 7) is 8.99. The maximum absolute atomic E-state index is 10.6. The van der Waals surface area contributed by atoms with Gasteiger partial charge in [0.15, 0.2) is 0 Å². The van der Waals surface area contributed by atoms with Gasteiger partial charge < -0.3 is 9.80 Å². The zero-order valence-corrected chi connectivity index (χ0v) is 10.8. The molecule has 2 fully saturated rings. The third kappa shape index (κ3) is 4.28. The number of nitrogens with zero attached hydrogens (tertiary/aromatic N) is 3. The average molecular weight is 239 g/mol. The molecule has 4 nitrogen and oxygen atoms in total. The summed E-state index contributed by atoms with van der Waals surface area (Å²) in [6.07, 6.45) is 6.45. The Kier molecular flexibility index (Phi) is 5.26. The van der Waals surface area contributed by atoms with Crippen LogP contribution in [0, 0.1) is 0 Å². The Balaban J connectivity index is 1.54. The van der Waals surface area contributed by atoms with Gasteiger partial charge in [-0.15, -0.1) is 0 Å². The monoisotopic (exact) mass is 239 g/mol. The standard InChI is InChI=1S/C13H25N3O/c17-13-16-11-9-15(10-12-16)8-4-7-14-5-2-1-3-6-14/h13H,1-12H2. The highest BCUT2D eigenvalue weighted by atomic mass is 16.1. The first kappa shape index (κ1) is 12.8. The van der Waals surface area contributed by atoms with E-state index in [1.165, 1.54) is 51.9 Å². The summed E-state index contributed by atoms with van der Waals surface area (Å²) in [5.74, 6) is 0. The Morgan fingerprint density at radius 1 is 0.765 bits per heavy atom. The molecule has 0 aromatic carbocycles. The van der Waals surface area contributed by atoms with Crippen molar-refractivity contribution in [1.82, 2.24) is 14.7 Å². The van der Waals surface area contributed by atoms with Crippen LogP contribution < -0.4 is 0 Å². The first-order chi connectivity index (χ1) is 8.38. The van der Waals surface area contributed by atoms with Gasteiger partial charge in [0.2, 0.25) is 6.41 Å². The van der Waals surface area contributed by atoms with E-state index in [9.17, 15) is 4.79 Å². The van der Waals surface area contributed by atoms with Gasteiger partial charge in [0.05, 0.1) is 0 Å². The van der Waals surface area contributed by atoms with Crippen molar-refractivity contribution in [1.29, 1.82) is 0 Å². The highest BCUT2D eigenvalue weighted by Gasteiger charge is 2.15. The second-order valence-corrected chi connectivity index (χ2v) is 5.24. The van der Waals surface area contributed by atoms with Gasteiger partial charge in [-0.05, 0) is 45.4 Å². The molecule has 2 saturated heterocycles. The van der Waals surface area contributed by atoms with E-state index in [0.717, 1.165) is 32.6 Å². The van der Waals surface area contributed by atoms with E-state index in [-0.39, 0.29) is 0 Å². The van der Waals surface area contributed by atoms with Gasteiger partial charge in [-0.1, -0.05) is 6.42 Å². The highest BCUT2D eigenvalue weighted by Crippen LogP contribution is 2.09. The highest BCUT2D eigenvalue weighted by molar-refractivity contribution is 5.47. The van der Waals surface area contributed by atoms with E-state index in [1.807, 2.05) is 4.90 Å². The van der Waals surface area contributed by atoms with E-state index >= 15 is 0 Å². The molecule has 17 heavy (non-hydrogen) atoms. The zero-order chi connectivity index (χ0) is 11.9. The molecule has 0 atom stereocenters. The molecule has 2 heterocycles. The minimum atomic E-state index is 0.910. The lowest BCUT2D eigenvalue weighted by Gasteiger charge is -2.33. The molecule has 0 aliphatic carbocycles. The fourth-order valence-corrected chi connectivity index (χ4v) is 2.79. The Bertz CT molecular complexity index is 221. The summed E-state index contributed by atoms with van der Waals surface area (Å²) < 4.78 is 0. The zero-order valence-electron chi connectivity index (χ0n) is 10.8. The average Bonchev–Trinajstić information content (AvgIpc) is 2.41. The molecule has 0 aromatic rings. The molecular weight excluding hydrogens is 214 g/mol. The van der Waals surface area contributed by atoms with Crippen LogP contribution >= 0.6 is 0 Å². The van der Waals surface area contributed by atoms with Crippen molar-refractivity contribution in [2.75, 3.05) is 52.4 Å². The molecule has 0 spiro atoms. The van der Waals surface area contributed by atoms with Crippen molar-refractivity contribution >= 4 is 6.41 Å². The van der Waals surface area contributed by atoms with Crippen LogP contribution in [0.4, 0.5) is 0 Å². The van der Waals surface area contributed by atoms with Crippen molar-refractivity contribution < 1.29 is 4.79 Å². The second kappa shape index (κ2) is 6.97. The largest absolute Gasteiger partial charge is 0.343 e. The maximum Gasteiger partial charge on any atom is 0.209 e. The third-order valence-electron chi connectivity index (χ3n) is 3.95. The van der Waals surface area contributed by atoms with E-state index in [0.29, 0.717) is 0 Å². The second-order valence-electron chi connectivity index (χ2n) is 5.24. The Labute approximate surface area is 105 Å². The number of rotatable bonds is 5. The fraction of sp³-hybridized carbons (Fsp3) is 0.923. The molecule has 1 amide bonds. The van der Waals surface area contributed by atoms with Crippen molar-refractivity contribution in [2.24, 2.45) is 0 Å². The molecule has 0 saturated carbocycles. The lowest BCUT2D eigenvalue weighted by Crippen LogP contribution is -2.46. The summed E-state index contributed by atoms with van der Waals surface area (Å²) in [6, 6.07) is 0. The van der Waals surface area contributed by atoms with Crippen molar-refractivity contribution in [3.63, 3.8) is 0 Å². The van der Waals surface area contributed by atoms with Crippen LogP contribution in [-0.2, 0) is 4.79 Å². The quantitative estimate of drug-likeness (QED) is 0.659. The molecule has 4 heteroatoms. The van der Waals surface area contributed by atoms with Gasteiger partial charge in [0, 0.05) is 26.2 Å². The van der Waals surface area contributed by atoms with Gasteiger partial charge in [0.25, 0.3) is 0 Å². The molecule has 0 aromatic heterocycles. The van der Waals surface area contributed by atoms with E-state index in [2.05, 4.69) is 9.80 Å². The molecule has 98 valence electrons. The summed E-state index contributed by atoms with van der Waals surface area (Å²) in [5.41, 5.74) is 0. The minimum Gasteiger partial charge on any atom is -0.343 e. The molecule has 0 radical (unpaired) electrons. The van der Waals surface area contributed by atoms with Crippen LogP contribution in [0.1, 0.15) is 25.7 Å². The van der Waals surface area contributed by atoms with Crippen molar-refractivity contribution in [3.8, 4) is 0 Å². The number of carbonyl (C=O) groups is 1. The summed E-state index contributed by atoms with van der Waals surface area (Å²) in [4.78, 5) is 17.6. The minimum absolute atomic E-state index is 0.910. The summed E-state index contributed by atoms with van der Waals surface area (Å²) >= 11 is 0. The molecule has 2 aliphatic heterocycles. The predicted molar refractivity (Wildman–Crippen MR) is 69.0 cm³/mol. The number of piperidine rings is 1. The van der Waals surface area contributed by atoms with Gasteiger partial charge in [-0.25, -0.2) is 0 Å². The maximum atomic E-state index is 10.6. The predicted octanol–water partition coefficient (Wildman–Crippen LogP) is 0.636. The van der Waals surface area contributed by atoms with Gasteiger partial charge in [-0.2, -0.15) is 0 Å². The third-order valence-corrected chi connectivity index (χ3v) is 3.95. The number of hydrogen-bond donors (Lipinski definition) is 0. The van der Waals surface area contributed by atoms with Crippen molar-refractivity contribution in [2.45, 2.75) is 25.7 Å². The molecule has 2 rings (SSSR count). The molecule has 0 bridgehead atoms. The Morgan fingerprint density at radius 2 is 1.35 bits per heavy atom. The lowest BCUT2D eigenvalue weighted by atomic mass is 10.1. The Hall–Kier alpha value is -0.610. The number of carbonyl (C=O) groups excluding carboxylic acids is 1. The van der Waals surface area contributed by atoms with Crippen molar-refractivity contribution in [3.05, 3.63) is 0 Å². The van der Waals surface area contributed by atoms with E-state index in [1.54, 1.807) is 0 Å². The number of piperazine rings is 1. The summed E-state index contributed by atoms with van der Waals surface area (Å²) in [5, 5.41) is 0. The van der Waals surface area contributed by atoms with Crippen LogP contribution in [0.25, 0.3) is 0 Å². The molecule has 0 N–H and O–H groups in total. The first-order valence-corrected chi connectivity index (χ1v) is 7.02. The van der Waals surface area contributed by atoms with Crippen LogP contribution in [0.2, 0.25) is 0 Å². The number of likely N-dealkylation sites (tertiary alicyclic amines) is 1. The molecule has 2 aliphatic rings. The van der Waals surface area contributed by atoms with Crippen LogP contribution in [-0.4, -0.2) is 73.5 Å². The smallest absolute Gasteiger partial charge is 0.209 e. The number of amides is 1. The van der Waals surface area contributed by atoms with Crippen LogP contribution in [0.15, 0.2) is 0 Å². The van der Waals surface area contributed by atoms with Gasteiger partial charge >= 0.3 is 0 Å². The topological polar surface area (TPSA) is 26.8 Å². The van der Waals surface area contributed by atoms with Crippen LogP contribution in [0.3, 0.4) is 0 Å². The van der Waals surface area contributed by atoms with Crippen LogP contribution in [0.5, 0.6) is 0 Å². The summed E-state index contributed by atoms with van der Waals surface area (Å²) in [7, 11) is 0. The molecular formula is C13H25N3O. The van der Waals surface area contributed by atoms with E-state index < -0.39 is 0 Å². The van der Waals surface area contributed by atoms with Gasteiger partial charge in [0.1, 0.15) is 0 Å².